The zero-order valence-corrected chi connectivity index (χ0v) is 11.1. The van der Waals surface area contributed by atoms with Crippen molar-refractivity contribution >= 4 is 17.9 Å². The van der Waals surface area contributed by atoms with E-state index in [2.05, 4.69) is 0 Å². The highest BCUT2D eigenvalue weighted by Crippen LogP contribution is 2.16. The average molecular weight is 276 g/mol. The molecule has 0 spiro atoms. The van der Waals surface area contributed by atoms with Gasteiger partial charge < -0.3 is 10.6 Å². The summed E-state index contributed by atoms with van der Waals surface area (Å²) in [5.74, 6) is -1.08. The number of hydrogen-bond acceptors (Lipinski definition) is 2. The Morgan fingerprint density at radius 2 is 2.00 bits per heavy atom. The van der Waals surface area contributed by atoms with Gasteiger partial charge in [0, 0.05) is 19.2 Å². The topological polar surface area (TPSA) is 63.4 Å². The minimum atomic E-state index is -0.356. The number of benzene rings is 1. The molecule has 1 fully saturated rings. The van der Waals surface area contributed by atoms with Crippen molar-refractivity contribution in [1.29, 1.82) is 0 Å². The van der Waals surface area contributed by atoms with E-state index in [4.69, 9.17) is 5.73 Å². The number of likely N-dealkylation sites (tertiary alicyclic amines) is 1. The molecule has 0 saturated carbocycles. The Balaban J connectivity index is 1.97. The first kappa shape index (κ1) is 14.2. The number of nitrogens with zero attached hydrogens (tertiary/aromatic N) is 1. The van der Waals surface area contributed by atoms with Crippen LogP contribution in [0.4, 0.5) is 4.39 Å². The summed E-state index contributed by atoms with van der Waals surface area (Å²) < 4.78 is 12.8. The van der Waals surface area contributed by atoms with E-state index in [1.807, 2.05) is 0 Å². The third kappa shape index (κ3) is 3.66. The number of carbonyl (C=O) groups excluding carboxylic acids is 2. The fraction of sp³-hybridized carbons (Fsp3) is 0.333. The standard InChI is InChI=1S/C15H17FN2O2/c16-13-6-3-11(4-7-13)5-8-14(19)18-9-1-2-12(10-18)15(17)20/h3-8,12H,1-2,9-10H2,(H2,17,20). The number of primary amides is 1. The molecule has 2 N–H and O–H groups in total. The van der Waals surface area contributed by atoms with Crippen LogP contribution in [0.1, 0.15) is 18.4 Å². The van der Waals surface area contributed by atoms with Gasteiger partial charge in [0.05, 0.1) is 5.92 Å². The fourth-order valence-electron chi connectivity index (χ4n) is 2.26. The molecule has 0 aliphatic carbocycles. The SMILES string of the molecule is NC(=O)C1CCCN(C(=O)C=Cc2ccc(F)cc2)C1. The maximum atomic E-state index is 12.8. The Bertz CT molecular complexity index is 525. The first-order valence-corrected chi connectivity index (χ1v) is 6.58. The van der Waals surface area contributed by atoms with E-state index < -0.39 is 0 Å². The minimum absolute atomic E-state index is 0.153. The summed E-state index contributed by atoms with van der Waals surface area (Å²) in [7, 11) is 0. The maximum Gasteiger partial charge on any atom is 0.246 e. The second-order valence-electron chi connectivity index (χ2n) is 4.91. The molecule has 1 aliphatic heterocycles. The van der Waals surface area contributed by atoms with Crippen LogP contribution >= 0.6 is 0 Å². The summed E-state index contributed by atoms with van der Waals surface area (Å²) in [6.07, 6.45) is 4.59. The number of halogens is 1. The summed E-state index contributed by atoms with van der Waals surface area (Å²) in [6.45, 7) is 1.01. The smallest absolute Gasteiger partial charge is 0.246 e. The van der Waals surface area contributed by atoms with Crippen LogP contribution in [-0.2, 0) is 9.59 Å². The van der Waals surface area contributed by atoms with Crippen molar-refractivity contribution in [1.82, 2.24) is 4.90 Å². The molecule has 5 heteroatoms. The number of rotatable bonds is 3. The number of piperidine rings is 1. The lowest BCUT2D eigenvalue weighted by molar-refractivity contribution is -0.130. The zero-order chi connectivity index (χ0) is 14.5. The van der Waals surface area contributed by atoms with E-state index in [1.165, 1.54) is 18.2 Å². The molecule has 1 heterocycles. The van der Waals surface area contributed by atoms with Gasteiger partial charge >= 0.3 is 0 Å². The third-order valence-corrected chi connectivity index (χ3v) is 3.42. The van der Waals surface area contributed by atoms with E-state index in [-0.39, 0.29) is 23.5 Å². The Kier molecular flexibility index (Phi) is 4.50. The molecule has 106 valence electrons. The lowest BCUT2D eigenvalue weighted by Gasteiger charge is -2.30. The molecule has 20 heavy (non-hydrogen) atoms. The summed E-state index contributed by atoms with van der Waals surface area (Å²) >= 11 is 0. The van der Waals surface area contributed by atoms with Crippen molar-refractivity contribution in [3.05, 3.63) is 41.7 Å². The zero-order valence-electron chi connectivity index (χ0n) is 11.1. The molecule has 1 saturated heterocycles. The van der Waals surface area contributed by atoms with Gasteiger partial charge in [0.1, 0.15) is 5.82 Å². The van der Waals surface area contributed by atoms with E-state index >= 15 is 0 Å². The third-order valence-electron chi connectivity index (χ3n) is 3.42. The maximum absolute atomic E-state index is 12.8. The minimum Gasteiger partial charge on any atom is -0.369 e. The molecule has 0 bridgehead atoms. The van der Waals surface area contributed by atoms with Gasteiger partial charge in [0.15, 0.2) is 0 Å². The van der Waals surface area contributed by atoms with Crippen LogP contribution in [-0.4, -0.2) is 29.8 Å². The monoisotopic (exact) mass is 276 g/mol. The van der Waals surface area contributed by atoms with Gasteiger partial charge in [0.2, 0.25) is 11.8 Å². The molecule has 1 unspecified atom stereocenters. The predicted molar refractivity (Wildman–Crippen MR) is 73.9 cm³/mol. The van der Waals surface area contributed by atoms with Crippen LogP contribution in [0.5, 0.6) is 0 Å². The summed E-state index contributed by atoms with van der Waals surface area (Å²) in [5.41, 5.74) is 6.03. The van der Waals surface area contributed by atoms with Crippen molar-refractivity contribution in [3.8, 4) is 0 Å². The Labute approximate surface area is 117 Å². The van der Waals surface area contributed by atoms with Gasteiger partial charge in [-0.1, -0.05) is 12.1 Å². The molecule has 4 nitrogen and oxygen atoms in total. The summed E-state index contributed by atoms with van der Waals surface area (Å²) in [6, 6.07) is 5.88. The van der Waals surface area contributed by atoms with E-state index in [9.17, 15) is 14.0 Å². The molecule has 2 rings (SSSR count). The summed E-state index contributed by atoms with van der Waals surface area (Å²) in [4.78, 5) is 24.8. The van der Waals surface area contributed by atoms with Crippen molar-refractivity contribution in [3.63, 3.8) is 0 Å². The normalized spacial score (nSPS) is 19.2. The van der Waals surface area contributed by atoms with Crippen molar-refractivity contribution < 1.29 is 14.0 Å². The van der Waals surface area contributed by atoms with E-state index in [1.54, 1.807) is 23.1 Å². The van der Waals surface area contributed by atoms with Crippen LogP contribution in [0.15, 0.2) is 30.3 Å². The van der Waals surface area contributed by atoms with Gasteiger partial charge in [0.25, 0.3) is 0 Å². The van der Waals surface area contributed by atoms with Crippen LogP contribution in [0.2, 0.25) is 0 Å². The molecule has 1 aromatic rings. The van der Waals surface area contributed by atoms with Crippen LogP contribution in [0.25, 0.3) is 6.08 Å². The highest BCUT2D eigenvalue weighted by atomic mass is 19.1. The van der Waals surface area contributed by atoms with Gasteiger partial charge in [-0.25, -0.2) is 4.39 Å². The first-order chi connectivity index (χ1) is 9.56. The number of nitrogens with two attached hydrogens (primary N) is 1. The second kappa shape index (κ2) is 6.32. The van der Waals surface area contributed by atoms with E-state index in [0.717, 1.165) is 18.4 Å². The van der Waals surface area contributed by atoms with E-state index in [0.29, 0.717) is 13.1 Å². The highest BCUT2D eigenvalue weighted by molar-refractivity contribution is 5.92. The van der Waals surface area contributed by atoms with Gasteiger partial charge in [-0.3, -0.25) is 9.59 Å². The second-order valence-corrected chi connectivity index (χ2v) is 4.91. The van der Waals surface area contributed by atoms with Crippen molar-refractivity contribution in [2.24, 2.45) is 11.7 Å². The van der Waals surface area contributed by atoms with Crippen LogP contribution < -0.4 is 5.73 Å². The summed E-state index contributed by atoms with van der Waals surface area (Å²) in [5, 5.41) is 0. The molecule has 0 aromatic heterocycles. The molecule has 2 amide bonds. The first-order valence-electron chi connectivity index (χ1n) is 6.58. The number of carbonyl (C=O) groups is 2. The average Bonchev–Trinajstić information content (AvgIpc) is 2.46. The predicted octanol–water partition coefficient (Wildman–Crippen LogP) is 1.56. The lowest BCUT2D eigenvalue weighted by Crippen LogP contribution is -2.43. The largest absolute Gasteiger partial charge is 0.369 e. The molecular formula is C15H17FN2O2. The van der Waals surface area contributed by atoms with Crippen LogP contribution in [0.3, 0.4) is 0 Å². The molecule has 1 atom stereocenters. The lowest BCUT2D eigenvalue weighted by atomic mass is 9.97. The van der Waals surface area contributed by atoms with Crippen molar-refractivity contribution in [2.45, 2.75) is 12.8 Å². The fourth-order valence-corrected chi connectivity index (χ4v) is 2.26. The Morgan fingerprint density at radius 3 is 2.65 bits per heavy atom. The Hall–Kier alpha value is -2.17. The Morgan fingerprint density at radius 1 is 1.30 bits per heavy atom. The molecule has 0 radical (unpaired) electrons. The number of amides is 2. The van der Waals surface area contributed by atoms with Gasteiger partial charge in [-0.2, -0.15) is 0 Å². The van der Waals surface area contributed by atoms with Crippen molar-refractivity contribution in [2.75, 3.05) is 13.1 Å². The number of hydrogen-bond donors (Lipinski definition) is 1. The quantitative estimate of drug-likeness (QED) is 0.852. The molecule has 1 aliphatic rings. The van der Waals surface area contributed by atoms with Gasteiger partial charge in [-0.15, -0.1) is 0 Å². The molecule has 1 aromatic carbocycles. The van der Waals surface area contributed by atoms with Gasteiger partial charge in [-0.05, 0) is 36.6 Å². The van der Waals surface area contributed by atoms with Crippen LogP contribution in [0, 0.1) is 11.7 Å². The molecular weight excluding hydrogens is 259 g/mol. The highest BCUT2D eigenvalue weighted by Gasteiger charge is 2.25.